The molecule has 8 nitrogen and oxygen atoms in total. The second-order valence-corrected chi connectivity index (χ2v) is 20.9. The van der Waals surface area contributed by atoms with Crippen LogP contribution in [-0.2, 0) is 0 Å². The Hall–Kier alpha value is -11.2. The Morgan fingerprint density at radius 1 is 0.183 bits per heavy atom. The number of aromatic nitrogens is 8. The largest absolute Gasteiger partial charge is 0.309 e. The molecule has 12 aromatic carbocycles. The summed E-state index contributed by atoms with van der Waals surface area (Å²) < 4.78 is 14.1. The van der Waals surface area contributed by atoms with E-state index >= 15 is 0 Å². The average molecular weight is 1050 g/mol. The lowest BCUT2D eigenvalue weighted by Gasteiger charge is -2.13. The molecule has 0 aliphatic rings. The van der Waals surface area contributed by atoms with Crippen molar-refractivity contribution >= 4 is 109 Å². The second-order valence-electron chi connectivity index (χ2n) is 20.9. The van der Waals surface area contributed by atoms with E-state index in [1.165, 1.54) is 70.7 Å². The van der Waals surface area contributed by atoms with Gasteiger partial charge in [-0.15, -0.1) is 0 Å². The monoisotopic (exact) mass is 1050 g/mol. The van der Waals surface area contributed by atoms with Gasteiger partial charge in [0.15, 0.2) is 0 Å². The Bertz CT molecular complexity index is 5500. The molecule has 0 N–H and O–H groups in total. The first-order chi connectivity index (χ1) is 40.8. The molecule has 0 radical (unpaired) electrons. The maximum atomic E-state index is 5.30. The van der Waals surface area contributed by atoms with Gasteiger partial charge in [-0.25, -0.2) is 9.97 Å². The fourth-order valence-corrected chi connectivity index (χ4v) is 13.1. The van der Waals surface area contributed by atoms with E-state index in [-0.39, 0.29) is 0 Å². The fraction of sp³-hybridized carbons (Fsp3) is 0. The van der Waals surface area contributed by atoms with Crippen molar-refractivity contribution in [2.24, 2.45) is 0 Å². The SMILES string of the molecule is c1ccc(-n2c(-n3c4ccccc4c4c3ccc3c5ccccc5n(-c5ccccc5)c34)nc3ccccc32)cc1.c1ccc(-n2c(-n3c4ccccc4c4ccc5c(c6ccccc6n5-c5ccccc5)c43)nc3ccccc32)cc1. The van der Waals surface area contributed by atoms with Crippen LogP contribution in [0.2, 0.25) is 0 Å². The second kappa shape index (κ2) is 18.2. The Balaban J connectivity index is 0.000000130. The lowest BCUT2D eigenvalue weighted by molar-refractivity contribution is 0.956. The summed E-state index contributed by atoms with van der Waals surface area (Å²) in [5.41, 5.74) is 17.9. The molecule has 6 aromatic heterocycles. The van der Waals surface area contributed by atoms with Crippen molar-refractivity contribution in [3.05, 3.63) is 291 Å². The number of fused-ring (bicyclic) bond motifs is 16. The average Bonchev–Trinajstić information content (AvgIpc) is 2.70. The van der Waals surface area contributed by atoms with Crippen LogP contribution in [-0.4, -0.2) is 37.4 Å². The summed E-state index contributed by atoms with van der Waals surface area (Å²) in [6.45, 7) is 0. The van der Waals surface area contributed by atoms with Crippen LogP contribution in [0.4, 0.5) is 0 Å². The van der Waals surface area contributed by atoms with E-state index in [1.807, 2.05) is 0 Å². The minimum atomic E-state index is 0.880. The van der Waals surface area contributed by atoms with Crippen molar-refractivity contribution in [1.82, 2.24) is 37.4 Å². The van der Waals surface area contributed by atoms with Crippen LogP contribution in [0.5, 0.6) is 0 Å². The summed E-state index contributed by atoms with van der Waals surface area (Å²) in [6.07, 6.45) is 0. The molecule has 0 fully saturated rings. The van der Waals surface area contributed by atoms with Crippen molar-refractivity contribution in [2.75, 3.05) is 0 Å². The van der Waals surface area contributed by atoms with Crippen LogP contribution in [0.15, 0.2) is 291 Å². The molecule has 8 heteroatoms. The van der Waals surface area contributed by atoms with Crippen LogP contribution in [0.3, 0.4) is 0 Å². The van der Waals surface area contributed by atoms with Gasteiger partial charge in [0.05, 0.1) is 66.2 Å². The molecule has 6 heterocycles. The predicted octanol–water partition coefficient (Wildman–Crippen LogP) is 18.4. The van der Waals surface area contributed by atoms with E-state index in [0.717, 1.165) is 73.3 Å². The molecular formula is C74H48N8. The molecule has 0 saturated carbocycles. The molecule has 0 aliphatic heterocycles. The van der Waals surface area contributed by atoms with E-state index in [2.05, 4.69) is 319 Å². The summed E-state index contributed by atoms with van der Waals surface area (Å²) in [5.74, 6) is 1.76. The van der Waals surface area contributed by atoms with E-state index in [0.29, 0.717) is 0 Å². The van der Waals surface area contributed by atoms with Gasteiger partial charge in [0.25, 0.3) is 0 Å². The molecule has 82 heavy (non-hydrogen) atoms. The van der Waals surface area contributed by atoms with Crippen LogP contribution in [0.1, 0.15) is 0 Å². The zero-order chi connectivity index (χ0) is 53.8. The third kappa shape index (κ3) is 6.72. The third-order valence-corrected chi connectivity index (χ3v) is 16.5. The van der Waals surface area contributed by atoms with Gasteiger partial charge in [-0.3, -0.25) is 18.3 Å². The van der Waals surface area contributed by atoms with Crippen LogP contribution in [0, 0.1) is 0 Å². The van der Waals surface area contributed by atoms with Crippen molar-refractivity contribution in [1.29, 1.82) is 0 Å². The number of nitrogens with zero attached hydrogens (tertiary/aromatic N) is 8. The Labute approximate surface area is 470 Å². The zero-order valence-electron chi connectivity index (χ0n) is 44.3. The Kier molecular flexibility index (Phi) is 10.1. The molecule has 0 aliphatic carbocycles. The van der Waals surface area contributed by atoms with Gasteiger partial charge >= 0.3 is 0 Å². The number of imidazole rings is 2. The first kappa shape index (κ1) is 45.8. The summed E-state index contributed by atoms with van der Waals surface area (Å²) in [7, 11) is 0. The first-order valence-corrected chi connectivity index (χ1v) is 27.8. The first-order valence-electron chi connectivity index (χ1n) is 27.8. The smallest absolute Gasteiger partial charge is 0.220 e. The van der Waals surface area contributed by atoms with E-state index in [9.17, 15) is 0 Å². The van der Waals surface area contributed by atoms with Gasteiger partial charge in [-0.05, 0) is 109 Å². The molecule has 0 atom stereocenters. The number of hydrogen-bond acceptors (Lipinski definition) is 2. The third-order valence-electron chi connectivity index (χ3n) is 16.5. The van der Waals surface area contributed by atoms with Crippen molar-refractivity contribution in [3.63, 3.8) is 0 Å². The van der Waals surface area contributed by atoms with Crippen molar-refractivity contribution in [2.45, 2.75) is 0 Å². The van der Waals surface area contributed by atoms with Crippen molar-refractivity contribution < 1.29 is 0 Å². The highest BCUT2D eigenvalue weighted by atomic mass is 15.3. The van der Waals surface area contributed by atoms with Gasteiger partial charge in [-0.2, -0.15) is 0 Å². The maximum absolute atomic E-state index is 5.30. The number of benzene rings is 12. The molecule has 0 bridgehead atoms. The number of hydrogen-bond donors (Lipinski definition) is 0. The fourth-order valence-electron chi connectivity index (χ4n) is 13.1. The maximum Gasteiger partial charge on any atom is 0.220 e. The number of rotatable bonds is 6. The van der Waals surface area contributed by atoms with Gasteiger partial charge < -0.3 is 9.13 Å². The minimum Gasteiger partial charge on any atom is -0.309 e. The van der Waals surface area contributed by atoms with Crippen LogP contribution >= 0.6 is 0 Å². The molecule has 384 valence electrons. The van der Waals surface area contributed by atoms with Gasteiger partial charge in [-0.1, -0.05) is 182 Å². The quantitative estimate of drug-likeness (QED) is 0.167. The molecule has 0 spiro atoms. The predicted molar refractivity (Wildman–Crippen MR) is 339 cm³/mol. The van der Waals surface area contributed by atoms with Crippen LogP contribution < -0.4 is 0 Å². The highest BCUT2D eigenvalue weighted by Gasteiger charge is 2.26. The minimum absolute atomic E-state index is 0.880. The highest BCUT2D eigenvalue weighted by Crippen LogP contribution is 2.45. The van der Waals surface area contributed by atoms with Gasteiger partial charge in [0, 0.05) is 65.8 Å². The van der Waals surface area contributed by atoms with E-state index in [1.54, 1.807) is 0 Å². The van der Waals surface area contributed by atoms with E-state index in [4.69, 9.17) is 9.97 Å². The van der Waals surface area contributed by atoms with Gasteiger partial charge in [0.1, 0.15) is 0 Å². The summed E-state index contributed by atoms with van der Waals surface area (Å²) in [6, 6.07) is 103. The molecule has 18 rings (SSSR count). The molecule has 0 saturated heterocycles. The lowest BCUT2D eigenvalue weighted by atomic mass is 10.1. The molecule has 18 aromatic rings. The summed E-state index contributed by atoms with van der Waals surface area (Å²) in [5, 5.41) is 9.82. The van der Waals surface area contributed by atoms with Crippen LogP contribution in [0.25, 0.3) is 144 Å². The standard InChI is InChI=1S/2C37H24N4/c1-3-13-25(14-4-1)39-32-21-11-8-18-29(32)35-34(39)24-23-28-27-17-7-10-20-31(27)41(36(28)35)37-38-30-19-9-12-22-33(30)40(37)26-15-5-2-6-16-26;1-3-13-25(14-4-1)39-31-20-10-7-17-27(31)28-23-24-34-35(36(28)39)29-18-8-11-21-32(29)41(34)37-38-30-19-9-12-22-33(30)40(37)26-15-5-2-6-16-26/h2*1-24H. The Morgan fingerprint density at radius 3 is 0.951 bits per heavy atom. The van der Waals surface area contributed by atoms with Crippen molar-refractivity contribution in [3.8, 4) is 34.6 Å². The molecular weight excluding hydrogens is 1000 g/mol. The summed E-state index contributed by atoms with van der Waals surface area (Å²) in [4.78, 5) is 10.6. The molecule has 0 amide bonds. The normalized spacial score (nSPS) is 11.9. The highest BCUT2D eigenvalue weighted by molar-refractivity contribution is 6.27. The van der Waals surface area contributed by atoms with Gasteiger partial charge in [0.2, 0.25) is 11.9 Å². The Morgan fingerprint density at radius 2 is 0.488 bits per heavy atom. The number of para-hydroxylation sites is 12. The zero-order valence-corrected chi connectivity index (χ0v) is 44.3. The molecule has 0 unspecified atom stereocenters. The van der Waals surface area contributed by atoms with E-state index < -0.39 is 0 Å². The lowest BCUT2D eigenvalue weighted by Crippen LogP contribution is -2.05. The topological polar surface area (TPSA) is 55.4 Å². The summed E-state index contributed by atoms with van der Waals surface area (Å²) >= 11 is 0.